The highest BCUT2D eigenvalue weighted by Crippen LogP contribution is 2.31. The number of nitrogens with two attached hydrogens (primary N) is 1. The second-order valence-corrected chi connectivity index (χ2v) is 8.59. The first-order chi connectivity index (χ1) is 15.1. The fraction of sp³-hybridized carbons (Fsp3) is 0.385. The SMILES string of the molecule is NC(CO)(CO)c1ccc2cc(Oc3cccc(OCC4CCCCC4)c3)ccc2c1. The Kier molecular flexibility index (Phi) is 6.76. The summed E-state index contributed by atoms with van der Waals surface area (Å²) in [6, 6.07) is 19.2. The van der Waals surface area contributed by atoms with Crippen molar-refractivity contribution in [1.82, 2.24) is 0 Å². The molecule has 31 heavy (non-hydrogen) atoms. The van der Waals surface area contributed by atoms with E-state index in [1.54, 1.807) is 0 Å². The Balaban J connectivity index is 1.45. The number of aliphatic hydroxyl groups excluding tert-OH is 2. The molecule has 4 N–H and O–H groups in total. The van der Waals surface area contributed by atoms with E-state index in [1.165, 1.54) is 32.1 Å². The summed E-state index contributed by atoms with van der Waals surface area (Å²) >= 11 is 0. The molecule has 0 bridgehead atoms. The van der Waals surface area contributed by atoms with Crippen molar-refractivity contribution in [2.45, 2.75) is 37.6 Å². The molecule has 4 rings (SSSR count). The van der Waals surface area contributed by atoms with E-state index in [-0.39, 0.29) is 13.2 Å². The van der Waals surface area contributed by atoms with Gasteiger partial charge in [-0.1, -0.05) is 43.5 Å². The fourth-order valence-electron chi connectivity index (χ4n) is 4.16. The summed E-state index contributed by atoms with van der Waals surface area (Å²) in [5, 5.41) is 21.0. The van der Waals surface area contributed by atoms with Gasteiger partial charge in [-0.05, 0) is 65.4 Å². The molecule has 0 aliphatic heterocycles. The molecule has 1 saturated carbocycles. The molecule has 3 aromatic rings. The minimum absolute atomic E-state index is 0.324. The Morgan fingerprint density at radius 3 is 2.26 bits per heavy atom. The van der Waals surface area contributed by atoms with E-state index in [0.717, 1.165) is 34.6 Å². The zero-order valence-corrected chi connectivity index (χ0v) is 17.8. The van der Waals surface area contributed by atoms with Crippen molar-refractivity contribution in [2.75, 3.05) is 19.8 Å². The molecule has 0 unspecified atom stereocenters. The maximum atomic E-state index is 9.54. The summed E-state index contributed by atoms with van der Waals surface area (Å²) in [5.41, 5.74) is 5.64. The molecule has 5 nitrogen and oxygen atoms in total. The number of benzene rings is 3. The zero-order chi connectivity index (χ0) is 21.7. The normalized spacial score (nSPS) is 15.2. The minimum atomic E-state index is -1.15. The minimum Gasteiger partial charge on any atom is -0.493 e. The van der Waals surface area contributed by atoms with Gasteiger partial charge in [-0.25, -0.2) is 0 Å². The third kappa shape index (κ3) is 5.18. The van der Waals surface area contributed by atoms with Crippen LogP contribution >= 0.6 is 0 Å². The molecule has 5 heteroatoms. The number of hydrogen-bond donors (Lipinski definition) is 3. The molecule has 164 valence electrons. The van der Waals surface area contributed by atoms with Crippen molar-refractivity contribution in [1.29, 1.82) is 0 Å². The molecule has 3 aromatic carbocycles. The summed E-state index contributed by atoms with van der Waals surface area (Å²) in [6.45, 7) is 0.122. The average Bonchev–Trinajstić information content (AvgIpc) is 2.83. The maximum Gasteiger partial charge on any atom is 0.131 e. The van der Waals surface area contributed by atoms with E-state index in [0.29, 0.717) is 11.5 Å². The van der Waals surface area contributed by atoms with E-state index in [1.807, 2.05) is 60.7 Å². The average molecular weight is 422 g/mol. The van der Waals surface area contributed by atoms with Crippen LogP contribution in [0, 0.1) is 5.92 Å². The van der Waals surface area contributed by atoms with Crippen LogP contribution in [-0.4, -0.2) is 30.0 Å². The predicted octanol–water partition coefficient (Wildman–Crippen LogP) is 4.73. The van der Waals surface area contributed by atoms with Crippen LogP contribution in [0.2, 0.25) is 0 Å². The second-order valence-electron chi connectivity index (χ2n) is 8.59. The van der Waals surface area contributed by atoms with Gasteiger partial charge in [0.05, 0.1) is 25.4 Å². The Hall–Kier alpha value is -2.60. The van der Waals surface area contributed by atoms with Crippen molar-refractivity contribution in [3.05, 3.63) is 66.2 Å². The smallest absolute Gasteiger partial charge is 0.131 e. The first kappa shape index (κ1) is 21.6. The lowest BCUT2D eigenvalue weighted by atomic mass is 9.90. The largest absolute Gasteiger partial charge is 0.493 e. The van der Waals surface area contributed by atoms with E-state index in [4.69, 9.17) is 15.2 Å². The highest BCUT2D eigenvalue weighted by Gasteiger charge is 2.25. The van der Waals surface area contributed by atoms with Gasteiger partial charge in [-0.2, -0.15) is 0 Å². The van der Waals surface area contributed by atoms with Gasteiger partial charge >= 0.3 is 0 Å². The van der Waals surface area contributed by atoms with Crippen molar-refractivity contribution in [3.8, 4) is 17.2 Å². The van der Waals surface area contributed by atoms with Crippen LogP contribution in [0.1, 0.15) is 37.7 Å². The molecule has 1 aliphatic carbocycles. The van der Waals surface area contributed by atoms with Gasteiger partial charge in [-0.15, -0.1) is 0 Å². The number of hydrogen-bond acceptors (Lipinski definition) is 5. The molecule has 0 spiro atoms. The van der Waals surface area contributed by atoms with Gasteiger partial charge in [0, 0.05) is 6.07 Å². The molecule has 1 aliphatic rings. The maximum absolute atomic E-state index is 9.54. The Bertz CT molecular complexity index is 1010. The first-order valence-electron chi connectivity index (χ1n) is 11.1. The van der Waals surface area contributed by atoms with E-state index in [2.05, 4.69) is 0 Å². The topological polar surface area (TPSA) is 84.9 Å². The first-order valence-corrected chi connectivity index (χ1v) is 11.1. The molecule has 0 aromatic heterocycles. The molecule has 0 radical (unpaired) electrons. The van der Waals surface area contributed by atoms with Crippen LogP contribution < -0.4 is 15.2 Å². The van der Waals surface area contributed by atoms with Crippen LogP contribution in [0.15, 0.2) is 60.7 Å². The standard InChI is InChI=1S/C26H31NO4/c27-26(17-28,18-29)22-11-9-21-14-25(12-10-20(21)13-22)31-24-8-4-7-23(15-24)30-16-19-5-2-1-3-6-19/h4,7-15,19,28-29H,1-3,5-6,16-18,27H2. The van der Waals surface area contributed by atoms with Crippen molar-refractivity contribution < 1.29 is 19.7 Å². The number of aliphatic hydroxyl groups is 2. The summed E-state index contributed by atoms with van der Waals surface area (Å²) in [4.78, 5) is 0. The number of rotatable bonds is 8. The highest BCUT2D eigenvalue weighted by molar-refractivity contribution is 5.84. The Morgan fingerprint density at radius 1 is 0.806 bits per heavy atom. The third-order valence-electron chi connectivity index (χ3n) is 6.20. The van der Waals surface area contributed by atoms with Crippen molar-refractivity contribution in [2.24, 2.45) is 11.7 Å². The summed E-state index contributed by atoms with van der Waals surface area (Å²) < 4.78 is 12.1. The van der Waals surface area contributed by atoms with Crippen molar-refractivity contribution >= 4 is 10.8 Å². The Morgan fingerprint density at radius 2 is 1.48 bits per heavy atom. The zero-order valence-electron chi connectivity index (χ0n) is 17.8. The van der Waals surface area contributed by atoms with Gasteiger partial charge in [0.25, 0.3) is 0 Å². The number of fused-ring (bicyclic) bond motifs is 1. The molecule has 0 heterocycles. The lowest BCUT2D eigenvalue weighted by molar-refractivity contribution is 0.121. The van der Waals surface area contributed by atoms with E-state index >= 15 is 0 Å². The predicted molar refractivity (Wildman–Crippen MR) is 123 cm³/mol. The second kappa shape index (κ2) is 9.69. The molecule has 0 atom stereocenters. The van der Waals surface area contributed by atoms with Crippen LogP contribution in [0.4, 0.5) is 0 Å². The molecule has 0 amide bonds. The molecule has 0 saturated heterocycles. The number of ether oxygens (including phenoxy) is 2. The van der Waals surface area contributed by atoms with Crippen molar-refractivity contribution in [3.63, 3.8) is 0 Å². The van der Waals surface area contributed by atoms with Crippen LogP contribution in [0.3, 0.4) is 0 Å². The molecular weight excluding hydrogens is 390 g/mol. The lowest BCUT2D eigenvalue weighted by Gasteiger charge is -2.25. The molecule has 1 fully saturated rings. The van der Waals surface area contributed by atoms with Crippen LogP contribution in [-0.2, 0) is 5.54 Å². The quantitative estimate of drug-likeness (QED) is 0.490. The Labute approximate surface area is 183 Å². The third-order valence-corrected chi connectivity index (χ3v) is 6.20. The van der Waals surface area contributed by atoms with Gasteiger partial charge in [-0.3, -0.25) is 0 Å². The van der Waals surface area contributed by atoms with Gasteiger partial charge in [0.2, 0.25) is 0 Å². The van der Waals surface area contributed by atoms with Gasteiger partial charge < -0.3 is 25.4 Å². The summed E-state index contributed by atoms with van der Waals surface area (Å²) in [5.74, 6) is 2.96. The summed E-state index contributed by atoms with van der Waals surface area (Å²) in [7, 11) is 0. The van der Waals surface area contributed by atoms with Crippen LogP contribution in [0.5, 0.6) is 17.2 Å². The van der Waals surface area contributed by atoms with E-state index in [9.17, 15) is 10.2 Å². The fourth-order valence-corrected chi connectivity index (χ4v) is 4.16. The summed E-state index contributed by atoms with van der Waals surface area (Å²) in [6.07, 6.45) is 6.50. The van der Waals surface area contributed by atoms with Gasteiger partial charge in [0.1, 0.15) is 17.2 Å². The van der Waals surface area contributed by atoms with Gasteiger partial charge in [0.15, 0.2) is 0 Å². The van der Waals surface area contributed by atoms with E-state index < -0.39 is 5.54 Å². The highest BCUT2D eigenvalue weighted by atomic mass is 16.5. The molecular formula is C26H31NO4. The monoisotopic (exact) mass is 421 g/mol. The lowest BCUT2D eigenvalue weighted by Crippen LogP contribution is -2.44. The van der Waals surface area contributed by atoms with Crippen LogP contribution in [0.25, 0.3) is 10.8 Å².